The molecule has 4 N–H and O–H groups in total. The monoisotopic (exact) mass is 470 g/mol. The number of piperidine rings is 1. The second-order valence-electron chi connectivity index (χ2n) is 10.1. The zero-order chi connectivity index (χ0) is 23.5. The summed E-state index contributed by atoms with van der Waals surface area (Å²) in [6.07, 6.45) is 12.7. The molecule has 1 amide bonds. The first-order valence-electron chi connectivity index (χ1n) is 12.9. The Labute approximate surface area is 201 Å². The summed E-state index contributed by atoms with van der Waals surface area (Å²) in [5, 5.41) is 7.24. The summed E-state index contributed by atoms with van der Waals surface area (Å²) in [5.41, 5.74) is 7.85. The van der Waals surface area contributed by atoms with Gasteiger partial charge in [0.05, 0.1) is 6.33 Å². The summed E-state index contributed by atoms with van der Waals surface area (Å²) in [5.74, 6) is 1.51. The third kappa shape index (κ3) is 5.12. The molecule has 2 aromatic rings. The zero-order valence-electron chi connectivity index (χ0n) is 20.2. The predicted molar refractivity (Wildman–Crippen MR) is 132 cm³/mol. The average Bonchev–Trinajstić information content (AvgIpc) is 3.51. The van der Waals surface area contributed by atoms with Crippen LogP contribution in [0.25, 0.3) is 11.2 Å². The Bertz CT molecular complexity index is 973. The van der Waals surface area contributed by atoms with Crippen LogP contribution in [0, 0.1) is 0 Å². The molecule has 34 heavy (non-hydrogen) atoms. The van der Waals surface area contributed by atoms with Gasteiger partial charge in [0, 0.05) is 44.4 Å². The number of anilines is 2. The summed E-state index contributed by atoms with van der Waals surface area (Å²) in [6.45, 7) is 1.58. The second-order valence-corrected chi connectivity index (χ2v) is 10.1. The highest BCUT2D eigenvalue weighted by Gasteiger charge is 2.27. The van der Waals surface area contributed by atoms with Crippen LogP contribution in [0.4, 0.5) is 11.8 Å². The molecule has 10 nitrogen and oxygen atoms in total. The van der Waals surface area contributed by atoms with Crippen molar-refractivity contribution in [3.8, 4) is 0 Å². The third-order valence-corrected chi connectivity index (χ3v) is 7.70. The van der Waals surface area contributed by atoms with Crippen LogP contribution in [-0.2, 0) is 9.53 Å². The molecule has 2 saturated carbocycles. The van der Waals surface area contributed by atoms with E-state index in [1.54, 1.807) is 7.11 Å². The quantitative estimate of drug-likeness (QED) is 0.564. The molecule has 5 rings (SSSR count). The van der Waals surface area contributed by atoms with Crippen molar-refractivity contribution in [1.29, 1.82) is 0 Å². The van der Waals surface area contributed by atoms with Gasteiger partial charge in [0.1, 0.15) is 6.61 Å². The Kier molecular flexibility index (Phi) is 7.15. The Hall–Kier alpha value is -2.46. The number of aromatic nitrogens is 4. The Morgan fingerprint density at radius 3 is 2.44 bits per heavy atom. The number of nitrogens with one attached hydrogen (secondary N) is 2. The van der Waals surface area contributed by atoms with Gasteiger partial charge in [-0.3, -0.25) is 4.79 Å². The molecule has 3 heterocycles. The Morgan fingerprint density at radius 2 is 1.74 bits per heavy atom. The number of likely N-dealkylation sites (tertiary alicyclic amines) is 1. The van der Waals surface area contributed by atoms with Crippen LogP contribution < -0.4 is 16.4 Å². The van der Waals surface area contributed by atoms with Gasteiger partial charge >= 0.3 is 0 Å². The summed E-state index contributed by atoms with van der Waals surface area (Å²) < 4.78 is 7.26. The fourth-order valence-electron chi connectivity index (χ4n) is 5.66. The normalized spacial score (nSPS) is 24.6. The molecule has 0 aromatic carbocycles. The molecule has 3 fully saturated rings. The highest BCUT2D eigenvalue weighted by atomic mass is 16.5. The van der Waals surface area contributed by atoms with Gasteiger partial charge in [-0.2, -0.15) is 9.97 Å². The number of ether oxygens (including phenoxy) is 1. The van der Waals surface area contributed by atoms with Gasteiger partial charge in [-0.25, -0.2) is 4.98 Å². The Morgan fingerprint density at radius 1 is 1.03 bits per heavy atom. The first-order valence-corrected chi connectivity index (χ1v) is 12.9. The fourth-order valence-corrected chi connectivity index (χ4v) is 5.66. The minimum absolute atomic E-state index is 0.0550. The maximum atomic E-state index is 12.2. The Balaban J connectivity index is 1.36. The first kappa shape index (κ1) is 23.3. The predicted octanol–water partition coefficient (Wildman–Crippen LogP) is 2.67. The van der Waals surface area contributed by atoms with E-state index >= 15 is 0 Å². The summed E-state index contributed by atoms with van der Waals surface area (Å²) in [7, 11) is 1.56. The van der Waals surface area contributed by atoms with Crippen molar-refractivity contribution in [1.82, 2.24) is 24.4 Å². The highest BCUT2D eigenvalue weighted by molar-refractivity contribution is 5.84. The van der Waals surface area contributed by atoms with E-state index in [4.69, 9.17) is 25.4 Å². The van der Waals surface area contributed by atoms with Crippen LogP contribution >= 0.6 is 0 Å². The summed E-state index contributed by atoms with van der Waals surface area (Å²) in [4.78, 5) is 28.6. The number of nitrogens with zero attached hydrogens (tertiary/aromatic N) is 5. The standard InChI is InChI=1S/C24H38N8O2/c1-34-14-20(33)31-12-10-18(11-13-31)27-22-21-23(32(15-26-21)19-4-2-3-5-19)30-24(29-22)28-17-8-6-16(25)7-9-17/h15-19H,2-14,25H2,1H3,(H2,27,28,29,30). The van der Waals surface area contributed by atoms with Gasteiger partial charge in [-0.05, 0) is 51.4 Å². The van der Waals surface area contributed by atoms with Crippen LogP contribution in [-0.4, -0.2) is 75.3 Å². The van der Waals surface area contributed by atoms with Crippen molar-refractivity contribution in [2.45, 2.75) is 88.4 Å². The zero-order valence-corrected chi connectivity index (χ0v) is 20.2. The van der Waals surface area contributed by atoms with Crippen LogP contribution in [0.1, 0.15) is 70.3 Å². The maximum Gasteiger partial charge on any atom is 0.248 e. The number of carbonyl (C=O) groups is 1. The number of carbonyl (C=O) groups excluding carboxylic acids is 1. The number of methoxy groups -OCH3 is 1. The molecule has 0 unspecified atom stereocenters. The fraction of sp³-hybridized carbons (Fsp3) is 0.750. The summed E-state index contributed by atoms with van der Waals surface area (Å²) in [6, 6.07) is 1.36. The van der Waals surface area contributed by atoms with Gasteiger partial charge in [0.25, 0.3) is 0 Å². The van der Waals surface area contributed by atoms with E-state index in [9.17, 15) is 4.79 Å². The lowest BCUT2D eigenvalue weighted by Gasteiger charge is -2.32. The van der Waals surface area contributed by atoms with E-state index in [1.165, 1.54) is 25.7 Å². The molecule has 0 radical (unpaired) electrons. The molecular formula is C24H38N8O2. The lowest BCUT2D eigenvalue weighted by molar-refractivity contribution is -0.136. The van der Waals surface area contributed by atoms with E-state index in [-0.39, 0.29) is 18.6 Å². The van der Waals surface area contributed by atoms with E-state index in [2.05, 4.69) is 15.2 Å². The van der Waals surface area contributed by atoms with Crippen LogP contribution in [0.15, 0.2) is 6.33 Å². The molecule has 10 heteroatoms. The number of nitrogens with two attached hydrogens (primary N) is 1. The van der Waals surface area contributed by atoms with E-state index in [0.717, 1.165) is 68.6 Å². The number of hydrogen-bond acceptors (Lipinski definition) is 8. The molecule has 0 spiro atoms. The number of fused-ring (bicyclic) bond motifs is 1. The number of rotatable bonds is 7. The van der Waals surface area contributed by atoms with E-state index in [1.807, 2.05) is 11.2 Å². The maximum absolute atomic E-state index is 12.2. The van der Waals surface area contributed by atoms with Gasteiger partial charge < -0.3 is 30.6 Å². The molecule has 1 aliphatic heterocycles. The van der Waals surface area contributed by atoms with Gasteiger partial charge in [0.2, 0.25) is 11.9 Å². The lowest BCUT2D eigenvalue weighted by Crippen LogP contribution is -2.43. The van der Waals surface area contributed by atoms with Gasteiger partial charge in [0.15, 0.2) is 17.0 Å². The SMILES string of the molecule is COCC(=O)N1CCC(Nc2nc(NC3CCC(N)CC3)nc3c2ncn3C2CCCC2)CC1. The minimum Gasteiger partial charge on any atom is -0.375 e. The van der Waals surface area contributed by atoms with E-state index < -0.39 is 0 Å². The molecular weight excluding hydrogens is 432 g/mol. The largest absolute Gasteiger partial charge is 0.375 e. The highest BCUT2D eigenvalue weighted by Crippen LogP contribution is 2.33. The third-order valence-electron chi connectivity index (χ3n) is 7.70. The number of imidazole rings is 1. The van der Waals surface area contributed by atoms with Crippen LogP contribution in [0.2, 0.25) is 0 Å². The van der Waals surface area contributed by atoms with Gasteiger partial charge in [-0.1, -0.05) is 12.8 Å². The molecule has 0 bridgehead atoms. The molecule has 186 valence electrons. The lowest BCUT2D eigenvalue weighted by atomic mass is 9.92. The van der Waals surface area contributed by atoms with Crippen LogP contribution in [0.3, 0.4) is 0 Å². The number of amides is 1. The molecule has 3 aliphatic rings. The first-order chi connectivity index (χ1) is 16.6. The van der Waals surface area contributed by atoms with E-state index in [0.29, 0.717) is 24.1 Å². The van der Waals surface area contributed by atoms with Crippen molar-refractivity contribution in [3.05, 3.63) is 6.33 Å². The summed E-state index contributed by atoms with van der Waals surface area (Å²) >= 11 is 0. The average molecular weight is 471 g/mol. The second kappa shape index (κ2) is 10.4. The van der Waals surface area contributed by atoms with Crippen molar-refractivity contribution in [3.63, 3.8) is 0 Å². The molecule has 2 aromatic heterocycles. The van der Waals surface area contributed by atoms with Crippen molar-refractivity contribution < 1.29 is 9.53 Å². The van der Waals surface area contributed by atoms with Gasteiger partial charge in [-0.15, -0.1) is 0 Å². The smallest absolute Gasteiger partial charge is 0.248 e. The van der Waals surface area contributed by atoms with Crippen molar-refractivity contribution in [2.75, 3.05) is 37.4 Å². The number of hydrogen-bond donors (Lipinski definition) is 3. The minimum atomic E-state index is 0.0550. The van der Waals surface area contributed by atoms with Crippen molar-refractivity contribution >= 4 is 28.8 Å². The molecule has 1 saturated heterocycles. The topological polar surface area (TPSA) is 123 Å². The van der Waals surface area contributed by atoms with Crippen molar-refractivity contribution in [2.24, 2.45) is 5.73 Å². The molecule has 0 atom stereocenters. The molecule has 2 aliphatic carbocycles. The van der Waals surface area contributed by atoms with Crippen LogP contribution in [0.5, 0.6) is 0 Å².